The summed E-state index contributed by atoms with van der Waals surface area (Å²) in [4.78, 5) is 15.9. The van der Waals surface area contributed by atoms with Crippen LogP contribution in [0.5, 0.6) is 0 Å². The molecule has 90 valence electrons. The van der Waals surface area contributed by atoms with Gasteiger partial charge in [-0.3, -0.25) is 9.78 Å². The number of amides is 1. The molecule has 0 aliphatic rings. The van der Waals surface area contributed by atoms with Gasteiger partial charge in [-0.2, -0.15) is 0 Å². The Morgan fingerprint density at radius 1 is 1.17 bits per heavy atom. The van der Waals surface area contributed by atoms with Crippen molar-refractivity contribution in [1.82, 2.24) is 10.3 Å². The number of hydrogen-bond donors (Lipinski definition) is 1. The summed E-state index contributed by atoms with van der Waals surface area (Å²) in [5.74, 6) is -0.162. The predicted octanol–water partition coefficient (Wildman–Crippen LogP) is 2.41. The van der Waals surface area contributed by atoms with E-state index in [0.29, 0.717) is 12.1 Å². The van der Waals surface area contributed by atoms with Crippen LogP contribution in [0.1, 0.15) is 11.1 Å². The van der Waals surface area contributed by atoms with Crippen molar-refractivity contribution < 1.29 is 4.79 Å². The minimum atomic E-state index is -0.162. The molecule has 1 aromatic carbocycles. The summed E-state index contributed by atoms with van der Waals surface area (Å²) in [6.07, 6.45) is 3.43. The summed E-state index contributed by atoms with van der Waals surface area (Å²) in [7, 11) is 0. The highest BCUT2D eigenvalue weighted by Gasteiger charge is 2.08. The Labute approximate surface area is 106 Å². The van der Waals surface area contributed by atoms with Gasteiger partial charge in [-0.05, 0) is 17.2 Å². The maximum atomic E-state index is 11.9. The molecule has 0 aliphatic carbocycles. The van der Waals surface area contributed by atoms with Crippen LogP contribution in [0, 0.1) is 0 Å². The Morgan fingerprint density at radius 3 is 2.61 bits per heavy atom. The normalized spacial score (nSPS) is 9.78. The number of hydrogen-bond acceptors (Lipinski definition) is 2. The third-order valence-electron chi connectivity index (χ3n) is 2.57. The summed E-state index contributed by atoms with van der Waals surface area (Å²) in [6, 6.07) is 13.2. The van der Waals surface area contributed by atoms with E-state index in [1.165, 1.54) is 0 Å². The van der Waals surface area contributed by atoms with Crippen LogP contribution in [0.25, 0.3) is 5.57 Å². The predicted molar refractivity (Wildman–Crippen MR) is 71.6 cm³/mol. The highest BCUT2D eigenvalue weighted by atomic mass is 16.1. The van der Waals surface area contributed by atoms with E-state index >= 15 is 0 Å². The molecular formula is C15H14N2O. The van der Waals surface area contributed by atoms with Gasteiger partial charge in [-0.1, -0.05) is 43.0 Å². The molecule has 0 atom stereocenters. The van der Waals surface area contributed by atoms with Gasteiger partial charge in [-0.25, -0.2) is 0 Å². The van der Waals surface area contributed by atoms with E-state index in [1.54, 1.807) is 12.4 Å². The van der Waals surface area contributed by atoms with E-state index < -0.39 is 0 Å². The van der Waals surface area contributed by atoms with Crippen LogP contribution in [-0.2, 0) is 11.3 Å². The molecule has 0 fully saturated rings. The monoisotopic (exact) mass is 238 g/mol. The molecule has 1 heterocycles. The second-order valence-electron chi connectivity index (χ2n) is 3.89. The van der Waals surface area contributed by atoms with Crippen LogP contribution in [0.15, 0.2) is 61.4 Å². The minimum Gasteiger partial charge on any atom is -0.348 e. The molecule has 1 amide bonds. The lowest BCUT2D eigenvalue weighted by Crippen LogP contribution is -2.23. The van der Waals surface area contributed by atoms with Gasteiger partial charge in [0.15, 0.2) is 0 Å². The zero-order valence-electron chi connectivity index (χ0n) is 9.97. The summed E-state index contributed by atoms with van der Waals surface area (Å²) in [6.45, 7) is 4.27. The zero-order valence-corrected chi connectivity index (χ0v) is 9.97. The van der Waals surface area contributed by atoms with E-state index in [1.807, 2.05) is 42.5 Å². The van der Waals surface area contributed by atoms with Crippen LogP contribution in [-0.4, -0.2) is 10.9 Å². The number of benzene rings is 1. The molecule has 2 aromatic rings. The number of pyridine rings is 1. The lowest BCUT2D eigenvalue weighted by atomic mass is 10.1. The molecule has 3 nitrogen and oxygen atoms in total. The molecule has 0 unspecified atom stereocenters. The molecule has 1 N–H and O–H groups in total. The number of carbonyl (C=O) groups is 1. The van der Waals surface area contributed by atoms with Crippen molar-refractivity contribution in [3.63, 3.8) is 0 Å². The van der Waals surface area contributed by atoms with Crippen molar-refractivity contribution in [3.05, 3.63) is 72.6 Å². The number of nitrogens with zero attached hydrogens (tertiary/aromatic N) is 1. The Bertz CT molecular complexity index is 535. The first kappa shape index (κ1) is 12.0. The molecule has 0 spiro atoms. The Morgan fingerprint density at radius 2 is 1.94 bits per heavy atom. The largest absolute Gasteiger partial charge is 0.348 e. The lowest BCUT2D eigenvalue weighted by Gasteiger charge is -2.07. The Hall–Kier alpha value is -2.42. The van der Waals surface area contributed by atoms with Crippen molar-refractivity contribution in [2.24, 2.45) is 0 Å². The van der Waals surface area contributed by atoms with E-state index in [0.717, 1.165) is 11.1 Å². The fraction of sp³-hybridized carbons (Fsp3) is 0.0667. The summed E-state index contributed by atoms with van der Waals surface area (Å²) >= 11 is 0. The average Bonchev–Trinajstić information content (AvgIpc) is 2.46. The lowest BCUT2D eigenvalue weighted by molar-refractivity contribution is -0.115. The molecule has 0 saturated carbocycles. The van der Waals surface area contributed by atoms with Crippen LogP contribution in [0.3, 0.4) is 0 Å². The van der Waals surface area contributed by atoms with Gasteiger partial charge in [0.05, 0.1) is 0 Å². The number of carbonyl (C=O) groups excluding carboxylic acids is 1. The molecule has 3 heteroatoms. The van der Waals surface area contributed by atoms with Crippen molar-refractivity contribution in [2.45, 2.75) is 6.54 Å². The summed E-state index contributed by atoms with van der Waals surface area (Å²) in [5, 5.41) is 2.82. The van der Waals surface area contributed by atoms with Crippen molar-refractivity contribution in [1.29, 1.82) is 0 Å². The van der Waals surface area contributed by atoms with Gasteiger partial charge in [0.2, 0.25) is 0 Å². The SMILES string of the molecule is C=C(C(=O)NCc1cccnc1)c1ccccc1. The van der Waals surface area contributed by atoms with Crippen LogP contribution in [0.2, 0.25) is 0 Å². The fourth-order valence-corrected chi connectivity index (χ4v) is 1.56. The Balaban J connectivity index is 1.95. The molecule has 1 aromatic heterocycles. The third-order valence-corrected chi connectivity index (χ3v) is 2.57. The van der Waals surface area contributed by atoms with Crippen molar-refractivity contribution in [3.8, 4) is 0 Å². The van der Waals surface area contributed by atoms with E-state index in [2.05, 4.69) is 16.9 Å². The van der Waals surface area contributed by atoms with E-state index in [-0.39, 0.29) is 5.91 Å². The second kappa shape index (κ2) is 5.77. The van der Waals surface area contributed by atoms with Crippen LogP contribution in [0.4, 0.5) is 0 Å². The van der Waals surface area contributed by atoms with Gasteiger partial charge in [0.25, 0.3) is 5.91 Å². The standard InChI is InChI=1S/C15H14N2O/c1-12(14-7-3-2-4-8-14)15(18)17-11-13-6-5-9-16-10-13/h2-10H,1,11H2,(H,17,18). The van der Waals surface area contributed by atoms with Gasteiger partial charge in [-0.15, -0.1) is 0 Å². The highest BCUT2D eigenvalue weighted by molar-refractivity contribution is 6.18. The first-order chi connectivity index (χ1) is 8.77. The summed E-state index contributed by atoms with van der Waals surface area (Å²) in [5.41, 5.74) is 2.27. The molecular weight excluding hydrogens is 224 g/mol. The van der Waals surface area contributed by atoms with Crippen LogP contribution >= 0.6 is 0 Å². The van der Waals surface area contributed by atoms with Crippen LogP contribution < -0.4 is 5.32 Å². The second-order valence-corrected chi connectivity index (χ2v) is 3.89. The molecule has 0 bridgehead atoms. The van der Waals surface area contributed by atoms with Gasteiger partial charge >= 0.3 is 0 Å². The van der Waals surface area contributed by atoms with Crippen molar-refractivity contribution in [2.75, 3.05) is 0 Å². The summed E-state index contributed by atoms with van der Waals surface area (Å²) < 4.78 is 0. The molecule has 0 saturated heterocycles. The molecule has 2 rings (SSSR count). The van der Waals surface area contributed by atoms with Gasteiger partial charge < -0.3 is 5.32 Å². The molecule has 0 aliphatic heterocycles. The first-order valence-electron chi connectivity index (χ1n) is 5.69. The van der Waals surface area contributed by atoms with E-state index in [9.17, 15) is 4.79 Å². The zero-order chi connectivity index (χ0) is 12.8. The minimum absolute atomic E-state index is 0.162. The van der Waals surface area contributed by atoms with Gasteiger partial charge in [0, 0.05) is 24.5 Å². The topological polar surface area (TPSA) is 42.0 Å². The highest BCUT2D eigenvalue weighted by Crippen LogP contribution is 2.11. The molecule has 18 heavy (non-hydrogen) atoms. The number of nitrogens with one attached hydrogen (secondary N) is 1. The molecule has 0 radical (unpaired) electrons. The maximum absolute atomic E-state index is 11.9. The maximum Gasteiger partial charge on any atom is 0.251 e. The van der Waals surface area contributed by atoms with Crippen molar-refractivity contribution >= 4 is 11.5 Å². The average molecular weight is 238 g/mol. The first-order valence-corrected chi connectivity index (χ1v) is 5.69. The number of aromatic nitrogens is 1. The smallest absolute Gasteiger partial charge is 0.251 e. The quantitative estimate of drug-likeness (QED) is 0.831. The Kier molecular flexibility index (Phi) is 3.86. The fourth-order valence-electron chi connectivity index (χ4n) is 1.56. The van der Waals surface area contributed by atoms with Gasteiger partial charge in [0.1, 0.15) is 0 Å². The third kappa shape index (κ3) is 3.04. The number of rotatable bonds is 4. The van der Waals surface area contributed by atoms with E-state index in [4.69, 9.17) is 0 Å².